The van der Waals surface area contributed by atoms with Crippen molar-refractivity contribution in [2.24, 2.45) is 0 Å². The normalized spacial score (nSPS) is 26.9. The Morgan fingerprint density at radius 3 is 2.71 bits per heavy atom. The van der Waals surface area contributed by atoms with Crippen LogP contribution in [0.2, 0.25) is 0 Å². The molecular weight excluding hydrogens is 204 g/mol. The maximum Gasteiger partial charge on any atom is 0.264 e. The van der Waals surface area contributed by atoms with Gasteiger partial charge in [-0.3, -0.25) is 0 Å². The summed E-state index contributed by atoms with van der Waals surface area (Å²) in [4.78, 5) is 1.79. The molecule has 1 atom stereocenters. The van der Waals surface area contributed by atoms with Gasteiger partial charge >= 0.3 is 0 Å². The van der Waals surface area contributed by atoms with Crippen molar-refractivity contribution in [2.75, 3.05) is 13.2 Å². The third-order valence-corrected chi connectivity index (χ3v) is 3.39. The largest absolute Gasteiger partial charge is 0.701 e. The van der Waals surface area contributed by atoms with E-state index in [1.165, 1.54) is 6.20 Å². The highest BCUT2D eigenvalue weighted by atomic mass is 32.2. The summed E-state index contributed by atoms with van der Waals surface area (Å²) in [5.74, 6) is 0. The zero-order chi connectivity index (χ0) is 10.8. The lowest BCUT2D eigenvalue weighted by Gasteiger charge is -2.29. The zero-order valence-electron chi connectivity index (χ0n) is 8.09. The molecule has 0 fully saturated rings. The van der Waals surface area contributed by atoms with Crippen LogP contribution < -0.4 is 0 Å². The van der Waals surface area contributed by atoms with Crippen LogP contribution in [-0.2, 0) is 10.3 Å². The Morgan fingerprint density at radius 2 is 2.36 bits per heavy atom. The molecule has 0 aromatic heterocycles. The first-order chi connectivity index (χ1) is 6.45. The number of hydrogen-bond acceptors (Lipinski definition) is 4. The van der Waals surface area contributed by atoms with Crippen molar-refractivity contribution in [3.05, 3.63) is 25.2 Å². The van der Waals surface area contributed by atoms with Crippen molar-refractivity contribution < 1.29 is 16.9 Å². The van der Waals surface area contributed by atoms with E-state index in [1.54, 1.807) is 11.1 Å². The summed E-state index contributed by atoms with van der Waals surface area (Å²) >= 11 is 0. The Balaban J connectivity index is 2.90. The quantitative estimate of drug-likeness (QED) is 0.511. The molecule has 0 saturated carbocycles. The molecule has 0 aliphatic carbocycles. The average molecular weight is 218 g/mol. The Morgan fingerprint density at radius 1 is 1.71 bits per heavy atom. The van der Waals surface area contributed by atoms with Crippen molar-refractivity contribution in [1.82, 2.24) is 4.90 Å². The van der Waals surface area contributed by atoms with Gasteiger partial charge in [0.1, 0.15) is 12.4 Å². The highest BCUT2D eigenvalue weighted by Crippen LogP contribution is 2.23. The van der Waals surface area contributed by atoms with Crippen molar-refractivity contribution in [1.29, 1.82) is 0 Å². The van der Waals surface area contributed by atoms with E-state index < -0.39 is 14.2 Å². The van der Waals surface area contributed by atoms with Gasteiger partial charge in [-0.05, 0) is 13.0 Å². The monoisotopic (exact) mass is 218 g/mol. The molecule has 5 nitrogen and oxygen atoms in total. The third-order valence-electron chi connectivity index (χ3n) is 2.17. The minimum Gasteiger partial charge on any atom is -0.701 e. The van der Waals surface area contributed by atoms with Gasteiger partial charge in [0.2, 0.25) is 0 Å². The highest BCUT2D eigenvalue weighted by Gasteiger charge is 2.36. The number of quaternary nitrogens is 1. The van der Waals surface area contributed by atoms with Crippen molar-refractivity contribution in [3.8, 4) is 0 Å². The molecule has 0 spiro atoms. The molecule has 0 radical (unpaired) electrons. The van der Waals surface area contributed by atoms with E-state index in [0.717, 1.165) is 19.2 Å². The summed E-state index contributed by atoms with van der Waals surface area (Å²) in [7, 11) is -4.42. The van der Waals surface area contributed by atoms with Crippen LogP contribution in [0.4, 0.5) is 0 Å². The lowest BCUT2D eigenvalue weighted by molar-refractivity contribution is -0.702. The molecule has 1 aliphatic rings. The molecule has 0 aromatic rings. The van der Waals surface area contributed by atoms with Gasteiger partial charge in [-0.25, -0.2) is 0 Å². The van der Waals surface area contributed by atoms with Gasteiger partial charge in [0.05, 0.1) is 6.20 Å². The molecule has 1 aliphatic heterocycles. The fraction of sp³-hybridized carbons (Fsp3) is 0.500. The summed E-state index contributed by atoms with van der Waals surface area (Å²) in [6.45, 7) is 6.24. The molecule has 6 heteroatoms. The summed E-state index contributed by atoms with van der Waals surface area (Å²) < 4.78 is 32.3. The van der Waals surface area contributed by atoms with E-state index in [0.29, 0.717) is 0 Å². The van der Waals surface area contributed by atoms with Crippen molar-refractivity contribution in [3.63, 3.8) is 0 Å². The summed E-state index contributed by atoms with van der Waals surface area (Å²) in [5.41, 5.74) is 0. The SMILES string of the molecule is C=C[N+]1(S(=O)(=O)[O-])C=CN(CCC)C1. The molecule has 0 aromatic carbocycles. The Kier molecular flexibility index (Phi) is 2.98. The van der Waals surface area contributed by atoms with E-state index in [9.17, 15) is 13.0 Å². The lowest BCUT2D eigenvalue weighted by Crippen LogP contribution is -2.44. The first kappa shape index (κ1) is 11.2. The van der Waals surface area contributed by atoms with Crippen LogP contribution >= 0.6 is 0 Å². The zero-order valence-corrected chi connectivity index (χ0v) is 8.90. The molecule has 0 saturated heterocycles. The molecule has 1 heterocycles. The Labute approximate surface area is 84.4 Å². The minimum absolute atomic E-state index is 0.128. The molecule has 1 unspecified atom stereocenters. The van der Waals surface area contributed by atoms with Crippen LogP contribution in [0.3, 0.4) is 0 Å². The van der Waals surface area contributed by atoms with E-state index in [1.807, 2.05) is 6.92 Å². The second-order valence-electron chi connectivity index (χ2n) is 3.22. The molecule has 1 rings (SSSR count). The van der Waals surface area contributed by atoms with Crippen LogP contribution in [-0.4, -0.2) is 35.0 Å². The lowest BCUT2D eigenvalue weighted by atomic mass is 10.4. The third kappa shape index (κ3) is 1.82. The minimum atomic E-state index is -4.42. The van der Waals surface area contributed by atoms with Gasteiger partial charge in [0.25, 0.3) is 10.3 Å². The van der Waals surface area contributed by atoms with Gasteiger partial charge in [-0.1, -0.05) is 6.92 Å². The highest BCUT2D eigenvalue weighted by molar-refractivity contribution is 7.80. The maximum absolute atomic E-state index is 11.0. The average Bonchev–Trinajstić information content (AvgIpc) is 2.49. The molecule has 0 N–H and O–H groups in total. The topological polar surface area (TPSA) is 60.4 Å². The predicted molar refractivity (Wildman–Crippen MR) is 51.2 cm³/mol. The van der Waals surface area contributed by atoms with Crippen LogP contribution in [0.1, 0.15) is 13.3 Å². The second kappa shape index (κ2) is 3.72. The smallest absolute Gasteiger partial charge is 0.264 e. The van der Waals surface area contributed by atoms with Gasteiger partial charge in [-0.2, -0.15) is 12.3 Å². The van der Waals surface area contributed by atoms with E-state index in [-0.39, 0.29) is 6.67 Å². The summed E-state index contributed by atoms with van der Waals surface area (Å²) in [6.07, 6.45) is 5.03. The Hall–Kier alpha value is -0.850. The molecular formula is C8H14N2O3S. The second-order valence-corrected chi connectivity index (χ2v) is 4.75. The number of rotatable bonds is 4. The predicted octanol–water partition coefficient (Wildman–Crippen LogP) is 0.561. The van der Waals surface area contributed by atoms with Crippen LogP contribution in [0, 0.1) is 0 Å². The van der Waals surface area contributed by atoms with Gasteiger partial charge in [-0.15, -0.1) is 0 Å². The first-order valence-corrected chi connectivity index (χ1v) is 5.72. The van der Waals surface area contributed by atoms with Gasteiger partial charge in [0.15, 0.2) is 6.67 Å². The summed E-state index contributed by atoms with van der Waals surface area (Å²) in [6, 6.07) is 0. The van der Waals surface area contributed by atoms with Gasteiger partial charge < -0.3 is 9.45 Å². The maximum atomic E-state index is 11.0. The number of hydrogen-bond donors (Lipinski definition) is 0. The van der Waals surface area contributed by atoms with E-state index >= 15 is 0 Å². The Bertz CT molecular complexity index is 350. The van der Waals surface area contributed by atoms with Crippen molar-refractivity contribution in [2.45, 2.75) is 13.3 Å². The number of nitrogens with zero attached hydrogens (tertiary/aromatic N) is 2. The molecule has 14 heavy (non-hydrogen) atoms. The molecule has 0 bridgehead atoms. The molecule has 0 amide bonds. The fourth-order valence-corrected chi connectivity index (χ4v) is 2.05. The fourth-order valence-electron chi connectivity index (χ4n) is 1.37. The van der Waals surface area contributed by atoms with Crippen LogP contribution in [0.15, 0.2) is 25.2 Å². The van der Waals surface area contributed by atoms with Gasteiger partial charge in [0, 0.05) is 6.54 Å². The van der Waals surface area contributed by atoms with Crippen LogP contribution in [0.5, 0.6) is 0 Å². The standard InChI is InChI=1S/C8H14N2O3S/c1-3-5-9-6-7-10(4-2,8-9)14(11,12)13/h4,6-7H,2-3,5,8H2,1H3. The molecule has 80 valence electrons. The van der Waals surface area contributed by atoms with E-state index in [2.05, 4.69) is 6.58 Å². The summed E-state index contributed by atoms with van der Waals surface area (Å²) in [5, 5.41) is 0. The van der Waals surface area contributed by atoms with E-state index in [4.69, 9.17) is 0 Å². The van der Waals surface area contributed by atoms with Crippen LogP contribution in [0.25, 0.3) is 0 Å². The first-order valence-electron chi connectivity index (χ1n) is 4.35. The van der Waals surface area contributed by atoms with Crippen molar-refractivity contribution >= 4 is 10.3 Å².